The van der Waals surface area contributed by atoms with Crippen LogP contribution in [0.25, 0.3) is 0 Å². The monoisotopic (exact) mass is 341 g/mol. The van der Waals surface area contributed by atoms with Crippen molar-refractivity contribution in [2.45, 2.75) is 20.0 Å². The van der Waals surface area contributed by atoms with Gasteiger partial charge in [-0.25, -0.2) is 0 Å². The van der Waals surface area contributed by atoms with E-state index in [1.54, 1.807) is 25.1 Å². The topological polar surface area (TPSA) is 111 Å². The van der Waals surface area contributed by atoms with Gasteiger partial charge >= 0.3 is 0 Å². The summed E-state index contributed by atoms with van der Waals surface area (Å²) in [7, 11) is 0. The average Bonchev–Trinajstić information content (AvgIpc) is 2.56. The fourth-order valence-corrected chi connectivity index (χ4v) is 2.55. The second kappa shape index (κ2) is 6.23. The SMILES string of the molecule is Cc1c(C(=O)Nc2ccc3c(c2)NC(=O)C(C)O3)cccc1[N+](=O)[O-]. The summed E-state index contributed by atoms with van der Waals surface area (Å²) in [6.07, 6.45) is -0.583. The number of nitrogens with one attached hydrogen (secondary N) is 2. The molecule has 3 rings (SSSR count). The Kier molecular flexibility index (Phi) is 4.10. The Balaban J connectivity index is 1.85. The van der Waals surface area contributed by atoms with Crippen LogP contribution in [0.2, 0.25) is 0 Å². The zero-order valence-corrected chi connectivity index (χ0v) is 13.5. The maximum Gasteiger partial charge on any atom is 0.273 e. The van der Waals surface area contributed by atoms with Gasteiger partial charge < -0.3 is 15.4 Å². The van der Waals surface area contributed by atoms with E-state index in [4.69, 9.17) is 4.74 Å². The van der Waals surface area contributed by atoms with Crippen LogP contribution in [0.15, 0.2) is 36.4 Å². The van der Waals surface area contributed by atoms with Crippen molar-refractivity contribution < 1.29 is 19.2 Å². The standard InChI is InChI=1S/C17H15N3O5/c1-9-12(4-3-5-14(9)20(23)24)17(22)18-11-6-7-15-13(8-11)19-16(21)10(2)25-15/h3-8,10H,1-2H3,(H,18,22)(H,19,21). The summed E-state index contributed by atoms with van der Waals surface area (Å²) in [4.78, 5) is 34.6. The molecule has 2 N–H and O–H groups in total. The molecule has 0 saturated heterocycles. The van der Waals surface area contributed by atoms with Gasteiger partial charge in [0.1, 0.15) is 5.75 Å². The van der Waals surface area contributed by atoms with Crippen LogP contribution in [0.5, 0.6) is 5.75 Å². The maximum atomic E-state index is 12.4. The van der Waals surface area contributed by atoms with E-state index in [9.17, 15) is 19.7 Å². The van der Waals surface area contributed by atoms with Gasteiger partial charge in [0.15, 0.2) is 6.10 Å². The third kappa shape index (κ3) is 3.14. The molecule has 1 heterocycles. The van der Waals surface area contributed by atoms with Crippen LogP contribution >= 0.6 is 0 Å². The van der Waals surface area contributed by atoms with Crippen molar-refractivity contribution in [1.82, 2.24) is 0 Å². The predicted octanol–water partition coefficient (Wildman–Crippen LogP) is 2.87. The molecule has 8 nitrogen and oxygen atoms in total. The number of benzene rings is 2. The molecule has 2 aromatic rings. The predicted molar refractivity (Wildman–Crippen MR) is 90.9 cm³/mol. The molecule has 25 heavy (non-hydrogen) atoms. The summed E-state index contributed by atoms with van der Waals surface area (Å²) in [6.45, 7) is 3.16. The first-order valence-electron chi connectivity index (χ1n) is 7.53. The van der Waals surface area contributed by atoms with Crippen LogP contribution < -0.4 is 15.4 Å². The number of anilines is 2. The molecule has 128 valence electrons. The Bertz CT molecular complexity index is 894. The van der Waals surface area contributed by atoms with Gasteiger partial charge in [-0.15, -0.1) is 0 Å². The molecule has 0 fully saturated rings. The summed E-state index contributed by atoms with van der Waals surface area (Å²) in [5.74, 6) is -0.236. The summed E-state index contributed by atoms with van der Waals surface area (Å²) in [5, 5.41) is 16.4. The number of carbonyl (C=O) groups excluding carboxylic acids is 2. The van der Waals surface area contributed by atoms with Gasteiger partial charge in [-0.1, -0.05) is 6.07 Å². The van der Waals surface area contributed by atoms with Crippen LogP contribution in [-0.4, -0.2) is 22.8 Å². The zero-order valence-electron chi connectivity index (χ0n) is 13.5. The Labute approximate surface area is 142 Å². The number of nitro groups is 1. The van der Waals surface area contributed by atoms with Crippen molar-refractivity contribution in [2.75, 3.05) is 10.6 Å². The van der Waals surface area contributed by atoms with Gasteiger partial charge in [0.2, 0.25) is 0 Å². The van der Waals surface area contributed by atoms with Crippen LogP contribution in [0.4, 0.5) is 17.1 Å². The van der Waals surface area contributed by atoms with Crippen molar-refractivity contribution in [1.29, 1.82) is 0 Å². The summed E-state index contributed by atoms with van der Waals surface area (Å²) in [6, 6.07) is 9.17. The molecule has 1 unspecified atom stereocenters. The number of ether oxygens (including phenoxy) is 1. The number of nitrogens with zero attached hydrogens (tertiary/aromatic N) is 1. The molecule has 2 aromatic carbocycles. The molecule has 0 aliphatic carbocycles. The van der Waals surface area contributed by atoms with E-state index in [1.807, 2.05) is 0 Å². The minimum absolute atomic E-state index is 0.118. The highest BCUT2D eigenvalue weighted by molar-refractivity contribution is 6.06. The van der Waals surface area contributed by atoms with Crippen LogP contribution in [0, 0.1) is 17.0 Å². The molecule has 8 heteroatoms. The van der Waals surface area contributed by atoms with E-state index in [2.05, 4.69) is 10.6 Å². The highest BCUT2D eigenvalue weighted by Crippen LogP contribution is 2.32. The van der Waals surface area contributed by atoms with Gasteiger partial charge in [0.05, 0.1) is 10.6 Å². The van der Waals surface area contributed by atoms with E-state index in [0.29, 0.717) is 17.1 Å². The van der Waals surface area contributed by atoms with Gasteiger partial charge in [-0.3, -0.25) is 19.7 Å². The Morgan fingerprint density at radius 2 is 2.08 bits per heavy atom. The van der Waals surface area contributed by atoms with Gasteiger partial charge in [0, 0.05) is 22.9 Å². The van der Waals surface area contributed by atoms with Crippen molar-refractivity contribution in [2.24, 2.45) is 0 Å². The lowest BCUT2D eigenvalue weighted by Crippen LogP contribution is -2.34. The molecule has 0 saturated carbocycles. The summed E-state index contributed by atoms with van der Waals surface area (Å²) in [5.41, 5.74) is 1.27. The largest absolute Gasteiger partial charge is 0.479 e. The van der Waals surface area contributed by atoms with E-state index in [1.165, 1.54) is 25.1 Å². The Hall–Kier alpha value is -3.42. The van der Waals surface area contributed by atoms with E-state index >= 15 is 0 Å². The minimum atomic E-state index is -0.583. The van der Waals surface area contributed by atoms with E-state index < -0.39 is 16.9 Å². The fourth-order valence-electron chi connectivity index (χ4n) is 2.55. The van der Waals surface area contributed by atoms with Crippen molar-refractivity contribution in [3.8, 4) is 5.75 Å². The quantitative estimate of drug-likeness (QED) is 0.659. The second-order valence-electron chi connectivity index (χ2n) is 5.62. The third-order valence-corrected chi connectivity index (χ3v) is 3.91. The maximum absolute atomic E-state index is 12.4. The van der Waals surface area contributed by atoms with E-state index in [-0.39, 0.29) is 22.7 Å². The third-order valence-electron chi connectivity index (χ3n) is 3.91. The first kappa shape index (κ1) is 16.4. The summed E-state index contributed by atoms with van der Waals surface area (Å²) >= 11 is 0. The Morgan fingerprint density at radius 3 is 2.80 bits per heavy atom. The number of carbonyl (C=O) groups is 2. The highest BCUT2D eigenvalue weighted by Gasteiger charge is 2.24. The smallest absolute Gasteiger partial charge is 0.273 e. The lowest BCUT2D eigenvalue weighted by molar-refractivity contribution is -0.385. The van der Waals surface area contributed by atoms with Gasteiger partial charge in [-0.05, 0) is 38.1 Å². The molecular formula is C17H15N3O5. The molecule has 1 atom stereocenters. The van der Waals surface area contributed by atoms with Crippen LogP contribution in [0.3, 0.4) is 0 Å². The second-order valence-corrected chi connectivity index (χ2v) is 5.62. The first-order chi connectivity index (χ1) is 11.9. The lowest BCUT2D eigenvalue weighted by atomic mass is 10.1. The number of amides is 2. The molecule has 2 amide bonds. The first-order valence-corrected chi connectivity index (χ1v) is 7.53. The van der Waals surface area contributed by atoms with Crippen molar-refractivity contribution in [3.05, 3.63) is 57.6 Å². The number of hydrogen-bond donors (Lipinski definition) is 2. The van der Waals surface area contributed by atoms with Gasteiger partial charge in [-0.2, -0.15) is 0 Å². The fraction of sp³-hybridized carbons (Fsp3) is 0.176. The molecule has 0 spiro atoms. The molecule has 0 aromatic heterocycles. The number of hydrogen-bond acceptors (Lipinski definition) is 5. The zero-order chi connectivity index (χ0) is 18.1. The molecular weight excluding hydrogens is 326 g/mol. The van der Waals surface area contributed by atoms with Gasteiger partial charge in [0.25, 0.3) is 17.5 Å². The number of fused-ring (bicyclic) bond motifs is 1. The van der Waals surface area contributed by atoms with Crippen LogP contribution in [0.1, 0.15) is 22.8 Å². The summed E-state index contributed by atoms with van der Waals surface area (Å²) < 4.78 is 5.45. The Morgan fingerprint density at radius 1 is 1.32 bits per heavy atom. The molecule has 0 radical (unpaired) electrons. The van der Waals surface area contributed by atoms with Crippen LogP contribution in [-0.2, 0) is 4.79 Å². The molecule has 0 bridgehead atoms. The molecule has 1 aliphatic rings. The molecule has 1 aliphatic heterocycles. The van der Waals surface area contributed by atoms with Crippen molar-refractivity contribution in [3.63, 3.8) is 0 Å². The highest BCUT2D eigenvalue weighted by atomic mass is 16.6. The normalized spacial score (nSPS) is 15.6. The minimum Gasteiger partial charge on any atom is -0.479 e. The van der Waals surface area contributed by atoms with Crippen molar-refractivity contribution >= 4 is 28.9 Å². The van der Waals surface area contributed by atoms with E-state index in [0.717, 1.165) is 0 Å². The number of nitro benzene ring substituents is 1. The lowest BCUT2D eigenvalue weighted by Gasteiger charge is -2.23. The number of rotatable bonds is 3. The average molecular weight is 341 g/mol.